The topological polar surface area (TPSA) is 81.7 Å². The van der Waals surface area contributed by atoms with E-state index in [0.717, 1.165) is 5.56 Å². The van der Waals surface area contributed by atoms with Gasteiger partial charge in [0.25, 0.3) is 5.91 Å². The molecule has 0 aliphatic heterocycles. The van der Waals surface area contributed by atoms with Gasteiger partial charge in [0.2, 0.25) is 0 Å². The average Bonchev–Trinajstić information content (AvgIpc) is 2.51. The molecular weight excluding hydrogens is 298 g/mol. The van der Waals surface area contributed by atoms with Gasteiger partial charge in [0.15, 0.2) is 6.61 Å². The molecule has 1 N–H and O–H groups in total. The van der Waals surface area contributed by atoms with Gasteiger partial charge >= 0.3 is 11.9 Å². The minimum atomic E-state index is -0.745. The summed E-state index contributed by atoms with van der Waals surface area (Å²) in [5.74, 6) is -1.44. The lowest BCUT2D eigenvalue weighted by Gasteiger charge is -2.18. The van der Waals surface area contributed by atoms with E-state index >= 15 is 0 Å². The predicted octanol–water partition coefficient (Wildman–Crippen LogP) is 1.86. The normalized spacial score (nSPS) is 11.7. The third kappa shape index (κ3) is 6.50. The fourth-order valence-corrected chi connectivity index (χ4v) is 1.97. The highest BCUT2D eigenvalue weighted by Crippen LogP contribution is 2.07. The van der Waals surface area contributed by atoms with Gasteiger partial charge in [0, 0.05) is 0 Å². The summed E-state index contributed by atoms with van der Waals surface area (Å²) >= 11 is 0. The second-order valence-electron chi connectivity index (χ2n) is 5.71. The van der Waals surface area contributed by atoms with Gasteiger partial charge in [-0.15, -0.1) is 0 Å². The van der Waals surface area contributed by atoms with Crippen LogP contribution in [0.5, 0.6) is 0 Å². The molecule has 0 saturated heterocycles. The maximum Gasteiger partial charge on any atom is 0.338 e. The molecule has 1 atom stereocenters. The molecule has 0 aliphatic carbocycles. The minimum absolute atomic E-state index is 0.203. The number of rotatable bonds is 7. The Morgan fingerprint density at radius 2 is 1.74 bits per heavy atom. The molecule has 1 rings (SSSR count). The molecule has 1 aromatic rings. The van der Waals surface area contributed by atoms with E-state index in [0.29, 0.717) is 12.0 Å². The molecule has 6 heteroatoms. The first kappa shape index (κ1) is 18.7. The summed E-state index contributed by atoms with van der Waals surface area (Å²) in [6, 6.07) is 6.08. The lowest BCUT2D eigenvalue weighted by molar-refractivity contribution is -0.145. The number of esters is 2. The van der Waals surface area contributed by atoms with E-state index < -0.39 is 30.5 Å². The van der Waals surface area contributed by atoms with Gasteiger partial charge in [-0.25, -0.2) is 9.59 Å². The molecule has 0 aliphatic rings. The number of carbonyl (C=O) groups excluding carboxylic acids is 3. The summed E-state index contributed by atoms with van der Waals surface area (Å²) in [4.78, 5) is 35.3. The van der Waals surface area contributed by atoms with Crippen LogP contribution in [0.1, 0.15) is 36.2 Å². The van der Waals surface area contributed by atoms with Crippen molar-refractivity contribution in [3.63, 3.8) is 0 Å². The smallest absolute Gasteiger partial charge is 0.338 e. The van der Waals surface area contributed by atoms with Crippen molar-refractivity contribution in [1.29, 1.82) is 0 Å². The van der Waals surface area contributed by atoms with E-state index in [-0.39, 0.29) is 5.92 Å². The van der Waals surface area contributed by atoms with Crippen molar-refractivity contribution in [2.24, 2.45) is 5.92 Å². The number of carbonyl (C=O) groups is 3. The number of hydrogen-bond donors (Lipinski definition) is 1. The molecule has 0 radical (unpaired) electrons. The predicted molar refractivity (Wildman–Crippen MR) is 84.9 cm³/mol. The van der Waals surface area contributed by atoms with Crippen molar-refractivity contribution < 1.29 is 23.9 Å². The number of nitrogens with one attached hydrogen (secondary N) is 1. The van der Waals surface area contributed by atoms with Gasteiger partial charge in [-0.05, 0) is 31.4 Å². The van der Waals surface area contributed by atoms with Gasteiger partial charge in [-0.2, -0.15) is 0 Å². The second kappa shape index (κ2) is 8.92. The van der Waals surface area contributed by atoms with Crippen LogP contribution < -0.4 is 5.32 Å². The molecule has 0 heterocycles. The van der Waals surface area contributed by atoms with Crippen molar-refractivity contribution in [2.45, 2.75) is 33.2 Å². The average molecular weight is 321 g/mol. The van der Waals surface area contributed by atoms with Crippen LogP contribution in [-0.2, 0) is 19.1 Å². The van der Waals surface area contributed by atoms with Gasteiger partial charge < -0.3 is 14.8 Å². The molecule has 1 amide bonds. The molecule has 0 aromatic heterocycles. The zero-order valence-corrected chi connectivity index (χ0v) is 13.9. The maximum absolute atomic E-state index is 11.8. The largest absolute Gasteiger partial charge is 0.467 e. The van der Waals surface area contributed by atoms with Crippen molar-refractivity contribution in [1.82, 2.24) is 5.32 Å². The molecule has 126 valence electrons. The Morgan fingerprint density at radius 3 is 2.26 bits per heavy atom. The summed E-state index contributed by atoms with van der Waals surface area (Å²) in [7, 11) is 1.26. The van der Waals surface area contributed by atoms with Gasteiger partial charge in [0.1, 0.15) is 6.04 Å². The Kier molecular flexibility index (Phi) is 7.25. The van der Waals surface area contributed by atoms with E-state index in [1.54, 1.807) is 24.3 Å². The Balaban J connectivity index is 2.52. The van der Waals surface area contributed by atoms with Crippen molar-refractivity contribution in [3.05, 3.63) is 35.4 Å². The first-order valence-corrected chi connectivity index (χ1v) is 7.44. The Morgan fingerprint density at radius 1 is 1.13 bits per heavy atom. The third-order valence-electron chi connectivity index (χ3n) is 3.15. The third-order valence-corrected chi connectivity index (χ3v) is 3.15. The molecular formula is C17H23NO5. The van der Waals surface area contributed by atoms with Gasteiger partial charge in [-0.3, -0.25) is 4.79 Å². The SMILES string of the molecule is COC(=O)[C@H](CC(C)C)NC(=O)COC(=O)c1ccc(C)cc1. The van der Waals surface area contributed by atoms with E-state index in [1.165, 1.54) is 7.11 Å². The maximum atomic E-state index is 11.8. The fourth-order valence-electron chi connectivity index (χ4n) is 1.97. The number of methoxy groups -OCH3 is 1. The van der Waals surface area contributed by atoms with Crippen LogP contribution in [0.25, 0.3) is 0 Å². The van der Waals surface area contributed by atoms with E-state index in [4.69, 9.17) is 4.74 Å². The zero-order valence-electron chi connectivity index (χ0n) is 13.9. The van der Waals surface area contributed by atoms with Crippen LogP contribution >= 0.6 is 0 Å². The highest BCUT2D eigenvalue weighted by molar-refractivity contribution is 5.92. The molecule has 0 bridgehead atoms. The van der Waals surface area contributed by atoms with E-state index in [9.17, 15) is 14.4 Å². The second-order valence-corrected chi connectivity index (χ2v) is 5.71. The lowest BCUT2D eigenvalue weighted by Crippen LogP contribution is -2.44. The van der Waals surface area contributed by atoms with Crippen LogP contribution in [0.4, 0.5) is 0 Å². The monoisotopic (exact) mass is 321 g/mol. The number of aryl methyl sites for hydroxylation is 1. The summed E-state index contributed by atoms with van der Waals surface area (Å²) < 4.78 is 9.60. The van der Waals surface area contributed by atoms with E-state index in [2.05, 4.69) is 10.1 Å². The standard InChI is InChI=1S/C17H23NO5/c1-11(2)9-14(17(21)22-4)18-15(19)10-23-16(20)13-7-5-12(3)6-8-13/h5-8,11,14H,9-10H2,1-4H3,(H,18,19)/t14-/m0/s1. The first-order valence-electron chi connectivity index (χ1n) is 7.44. The number of ether oxygens (including phenoxy) is 2. The molecule has 23 heavy (non-hydrogen) atoms. The summed E-state index contributed by atoms with van der Waals surface area (Å²) in [6.45, 7) is 5.32. The lowest BCUT2D eigenvalue weighted by atomic mass is 10.0. The zero-order chi connectivity index (χ0) is 17.4. The highest BCUT2D eigenvalue weighted by Gasteiger charge is 2.23. The summed E-state index contributed by atoms with van der Waals surface area (Å²) in [6.07, 6.45) is 0.449. The first-order chi connectivity index (χ1) is 10.8. The Hall–Kier alpha value is -2.37. The minimum Gasteiger partial charge on any atom is -0.467 e. The van der Waals surface area contributed by atoms with Crippen LogP contribution in [0.2, 0.25) is 0 Å². The van der Waals surface area contributed by atoms with Crippen LogP contribution in [0.3, 0.4) is 0 Å². The molecule has 0 spiro atoms. The molecule has 0 unspecified atom stereocenters. The van der Waals surface area contributed by atoms with Gasteiger partial charge in [-0.1, -0.05) is 31.5 Å². The van der Waals surface area contributed by atoms with Crippen LogP contribution in [-0.4, -0.2) is 37.6 Å². The molecule has 0 fully saturated rings. The molecule has 6 nitrogen and oxygen atoms in total. The van der Waals surface area contributed by atoms with E-state index in [1.807, 2.05) is 20.8 Å². The van der Waals surface area contributed by atoms with Crippen molar-refractivity contribution in [2.75, 3.05) is 13.7 Å². The van der Waals surface area contributed by atoms with Crippen LogP contribution in [0.15, 0.2) is 24.3 Å². The molecule has 0 saturated carbocycles. The quantitative estimate of drug-likeness (QED) is 0.775. The highest BCUT2D eigenvalue weighted by atomic mass is 16.5. The number of benzene rings is 1. The van der Waals surface area contributed by atoms with Crippen LogP contribution in [0, 0.1) is 12.8 Å². The fraction of sp³-hybridized carbons (Fsp3) is 0.471. The van der Waals surface area contributed by atoms with Crippen molar-refractivity contribution >= 4 is 17.8 Å². The summed E-state index contributed by atoms with van der Waals surface area (Å²) in [5.41, 5.74) is 1.39. The van der Waals surface area contributed by atoms with Gasteiger partial charge in [0.05, 0.1) is 12.7 Å². The molecule has 1 aromatic carbocycles. The number of hydrogen-bond acceptors (Lipinski definition) is 5. The Bertz CT molecular complexity index is 551. The van der Waals surface area contributed by atoms with Crippen molar-refractivity contribution in [3.8, 4) is 0 Å². The number of amides is 1. The Labute approximate surface area is 136 Å². The summed E-state index contributed by atoms with van der Waals surface area (Å²) in [5, 5.41) is 2.52.